The molecule has 1 heterocycles. The summed E-state index contributed by atoms with van der Waals surface area (Å²) in [6.45, 7) is 7.70. The lowest BCUT2D eigenvalue weighted by Crippen LogP contribution is -2.22. The largest absolute Gasteiger partial charge is 0.452 e. The number of benzene rings is 1. The van der Waals surface area contributed by atoms with Gasteiger partial charge in [-0.15, -0.1) is 11.3 Å². The van der Waals surface area contributed by atoms with Crippen LogP contribution in [0.5, 0.6) is 0 Å². The molecular weight excluding hydrogens is 398 g/mol. The van der Waals surface area contributed by atoms with E-state index in [1.165, 1.54) is 30.4 Å². The molecule has 0 atom stereocenters. The third-order valence-corrected chi connectivity index (χ3v) is 5.42. The van der Waals surface area contributed by atoms with Crippen LogP contribution in [0.4, 0.5) is 16.4 Å². The number of nitro benzene ring substituents is 1. The van der Waals surface area contributed by atoms with Crippen LogP contribution >= 0.6 is 11.3 Å². The smallest absolute Gasteiger partial charge is 0.341 e. The molecule has 0 fully saturated rings. The van der Waals surface area contributed by atoms with Gasteiger partial charge in [-0.25, -0.2) is 4.79 Å². The molecule has 29 heavy (non-hydrogen) atoms. The van der Waals surface area contributed by atoms with Crippen LogP contribution in [0.3, 0.4) is 0 Å². The number of esters is 1. The molecule has 1 aromatic heterocycles. The molecule has 2 N–H and O–H groups in total. The standard InChI is InChI=1S/C19H21N3O6S/c1-9-6-14(15(22(26)27)7-10(9)2)21-16(24)8-28-19(25)17-11(3)12(4)29-18(17)20-13(5)23/h6-7H,8H2,1-5H3,(H,20,23)(H,21,24). The summed E-state index contributed by atoms with van der Waals surface area (Å²) >= 11 is 1.23. The number of aryl methyl sites for hydroxylation is 3. The maximum absolute atomic E-state index is 12.5. The van der Waals surface area contributed by atoms with E-state index in [0.717, 1.165) is 16.0 Å². The van der Waals surface area contributed by atoms with Crippen molar-refractivity contribution in [2.75, 3.05) is 17.2 Å². The van der Waals surface area contributed by atoms with E-state index in [2.05, 4.69) is 10.6 Å². The quantitative estimate of drug-likeness (QED) is 0.418. The number of nitrogens with one attached hydrogen (secondary N) is 2. The minimum Gasteiger partial charge on any atom is -0.452 e. The normalized spacial score (nSPS) is 10.4. The molecule has 9 nitrogen and oxygen atoms in total. The predicted molar refractivity (Wildman–Crippen MR) is 110 cm³/mol. The van der Waals surface area contributed by atoms with E-state index in [1.807, 2.05) is 0 Å². The van der Waals surface area contributed by atoms with Gasteiger partial charge in [-0.1, -0.05) is 0 Å². The molecule has 2 amide bonds. The number of nitrogens with zero attached hydrogens (tertiary/aromatic N) is 1. The van der Waals surface area contributed by atoms with E-state index in [0.29, 0.717) is 10.6 Å². The molecule has 0 unspecified atom stereocenters. The van der Waals surface area contributed by atoms with Gasteiger partial charge in [0.1, 0.15) is 10.7 Å². The highest BCUT2D eigenvalue weighted by molar-refractivity contribution is 7.16. The first-order chi connectivity index (χ1) is 13.5. The van der Waals surface area contributed by atoms with Crippen LogP contribution in [-0.4, -0.2) is 29.3 Å². The Bertz CT molecular complexity index is 1010. The van der Waals surface area contributed by atoms with E-state index < -0.39 is 23.4 Å². The number of hydrogen-bond acceptors (Lipinski definition) is 7. The SMILES string of the molecule is CC(=O)Nc1sc(C)c(C)c1C(=O)OCC(=O)Nc1cc(C)c(C)cc1[N+](=O)[O-]. The van der Waals surface area contributed by atoms with Crippen molar-refractivity contribution in [1.82, 2.24) is 0 Å². The first-order valence-electron chi connectivity index (χ1n) is 8.61. The third kappa shape index (κ3) is 5.17. The fraction of sp³-hybridized carbons (Fsp3) is 0.316. The summed E-state index contributed by atoms with van der Waals surface area (Å²) in [5.74, 6) is -1.81. The summed E-state index contributed by atoms with van der Waals surface area (Å²) in [5, 5.41) is 16.6. The molecule has 2 aromatic rings. The molecular formula is C19H21N3O6S. The minimum atomic E-state index is -0.764. The topological polar surface area (TPSA) is 128 Å². The highest BCUT2D eigenvalue weighted by Crippen LogP contribution is 2.33. The maximum atomic E-state index is 12.5. The van der Waals surface area contributed by atoms with Gasteiger partial charge in [0.15, 0.2) is 6.61 Å². The van der Waals surface area contributed by atoms with E-state index in [9.17, 15) is 24.5 Å². The van der Waals surface area contributed by atoms with Crippen molar-refractivity contribution < 1.29 is 24.0 Å². The second-order valence-electron chi connectivity index (χ2n) is 6.50. The van der Waals surface area contributed by atoms with Crippen molar-refractivity contribution >= 4 is 45.5 Å². The molecule has 0 bridgehead atoms. The van der Waals surface area contributed by atoms with Crippen LogP contribution in [-0.2, 0) is 14.3 Å². The Morgan fingerprint density at radius 3 is 2.31 bits per heavy atom. The van der Waals surface area contributed by atoms with E-state index in [1.54, 1.807) is 27.7 Å². The molecule has 0 aliphatic heterocycles. The number of thiophene rings is 1. The van der Waals surface area contributed by atoms with Crippen molar-refractivity contribution in [2.45, 2.75) is 34.6 Å². The van der Waals surface area contributed by atoms with Crippen molar-refractivity contribution in [3.8, 4) is 0 Å². The van der Waals surface area contributed by atoms with E-state index >= 15 is 0 Å². The van der Waals surface area contributed by atoms with Crippen LogP contribution in [0, 0.1) is 37.8 Å². The van der Waals surface area contributed by atoms with Crippen molar-refractivity contribution in [3.63, 3.8) is 0 Å². The molecule has 2 rings (SSSR count). The first kappa shape index (κ1) is 22.0. The van der Waals surface area contributed by atoms with Crippen LogP contribution < -0.4 is 10.6 Å². The van der Waals surface area contributed by atoms with Gasteiger partial charge in [0.2, 0.25) is 5.91 Å². The number of carbonyl (C=O) groups excluding carboxylic acids is 3. The lowest BCUT2D eigenvalue weighted by molar-refractivity contribution is -0.384. The second kappa shape index (κ2) is 8.82. The summed E-state index contributed by atoms with van der Waals surface area (Å²) in [6, 6.07) is 2.86. The summed E-state index contributed by atoms with van der Waals surface area (Å²) in [4.78, 5) is 47.4. The third-order valence-electron chi connectivity index (χ3n) is 4.30. The number of amides is 2. The monoisotopic (exact) mass is 419 g/mol. The van der Waals surface area contributed by atoms with E-state index in [4.69, 9.17) is 4.74 Å². The zero-order valence-electron chi connectivity index (χ0n) is 16.7. The Morgan fingerprint density at radius 2 is 1.72 bits per heavy atom. The molecule has 0 spiro atoms. The highest BCUT2D eigenvalue weighted by atomic mass is 32.1. The number of rotatable bonds is 6. The predicted octanol–water partition coefficient (Wildman–Crippen LogP) is 3.64. The maximum Gasteiger partial charge on any atom is 0.341 e. The number of nitro groups is 1. The lowest BCUT2D eigenvalue weighted by Gasteiger charge is -2.10. The van der Waals surface area contributed by atoms with Crippen molar-refractivity contribution in [1.29, 1.82) is 0 Å². The fourth-order valence-corrected chi connectivity index (χ4v) is 3.66. The number of ether oxygens (including phenoxy) is 1. The minimum absolute atomic E-state index is 0.0284. The average molecular weight is 419 g/mol. The molecule has 10 heteroatoms. The van der Waals surface area contributed by atoms with Gasteiger partial charge < -0.3 is 15.4 Å². The first-order valence-corrected chi connectivity index (χ1v) is 9.43. The summed E-state index contributed by atoms with van der Waals surface area (Å²) < 4.78 is 5.07. The Kier molecular flexibility index (Phi) is 6.70. The number of carbonyl (C=O) groups is 3. The Hall–Kier alpha value is -3.27. The van der Waals surface area contributed by atoms with Crippen molar-refractivity contribution in [2.24, 2.45) is 0 Å². The second-order valence-corrected chi connectivity index (χ2v) is 7.73. The lowest BCUT2D eigenvalue weighted by atomic mass is 10.1. The number of anilines is 2. The highest BCUT2D eigenvalue weighted by Gasteiger charge is 2.23. The van der Waals surface area contributed by atoms with Gasteiger partial charge in [0, 0.05) is 17.9 Å². The Labute approximate surface area is 171 Å². The van der Waals surface area contributed by atoms with Crippen LogP contribution in [0.15, 0.2) is 12.1 Å². The van der Waals surface area contributed by atoms with Gasteiger partial charge in [0.05, 0.1) is 10.5 Å². The summed E-state index contributed by atoms with van der Waals surface area (Å²) in [6.07, 6.45) is 0. The van der Waals surface area contributed by atoms with Gasteiger partial charge >= 0.3 is 5.97 Å². The Morgan fingerprint density at radius 1 is 1.10 bits per heavy atom. The average Bonchev–Trinajstić information content (AvgIpc) is 2.88. The van der Waals surface area contributed by atoms with Crippen LogP contribution in [0.1, 0.15) is 38.8 Å². The fourth-order valence-electron chi connectivity index (χ4n) is 2.56. The molecule has 0 radical (unpaired) electrons. The molecule has 0 saturated carbocycles. The zero-order chi connectivity index (χ0) is 21.9. The summed E-state index contributed by atoms with van der Waals surface area (Å²) in [5.41, 5.74) is 2.11. The van der Waals surface area contributed by atoms with Gasteiger partial charge in [-0.2, -0.15) is 0 Å². The molecule has 1 aromatic carbocycles. The van der Waals surface area contributed by atoms with Gasteiger partial charge in [-0.3, -0.25) is 19.7 Å². The van der Waals surface area contributed by atoms with Crippen LogP contribution in [0.2, 0.25) is 0 Å². The van der Waals surface area contributed by atoms with Gasteiger partial charge in [-0.05, 0) is 50.5 Å². The van der Waals surface area contributed by atoms with E-state index in [-0.39, 0.29) is 22.8 Å². The summed E-state index contributed by atoms with van der Waals surface area (Å²) in [7, 11) is 0. The number of hydrogen-bond donors (Lipinski definition) is 2. The van der Waals surface area contributed by atoms with Crippen molar-refractivity contribution in [3.05, 3.63) is 49.4 Å². The molecule has 0 saturated heterocycles. The Balaban J connectivity index is 2.13. The molecule has 0 aliphatic rings. The molecule has 0 aliphatic carbocycles. The molecule has 154 valence electrons. The zero-order valence-corrected chi connectivity index (χ0v) is 17.5. The van der Waals surface area contributed by atoms with Crippen LogP contribution in [0.25, 0.3) is 0 Å². The van der Waals surface area contributed by atoms with Gasteiger partial charge in [0.25, 0.3) is 11.6 Å².